The first-order chi connectivity index (χ1) is 14.9. The minimum absolute atomic E-state index is 0.360. The van der Waals surface area contributed by atoms with Gasteiger partial charge in [-0.3, -0.25) is 9.59 Å². The molecule has 0 fully saturated rings. The lowest BCUT2D eigenvalue weighted by atomic mass is 10.1. The van der Waals surface area contributed by atoms with Gasteiger partial charge in [-0.15, -0.1) is 0 Å². The van der Waals surface area contributed by atoms with Crippen molar-refractivity contribution < 1.29 is 14.3 Å². The zero-order valence-electron chi connectivity index (χ0n) is 17.2. The molecule has 0 heterocycles. The van der Waals surface area contributed by atoms with Gasteiger partial charge < -0.3 is 10.1 Å². The van der Waals surface area contributed by atoms with Crippen LogP contribution in [-0.4, -0.2) is 18.0 Å². The van der Waals surface area contributed by atoms with Gasteiger partial charge in [0.25, 0.3) is 0 Å². The predicted octanol–water partition coefficient (Wildman–Crippen LogP) is 4.62. The van der Waals surface area contributed by atoms with Crippen LogP contribution in [0.15, 0.2) is 71.8 Å². The SMILES string of the molecule is Cc1ccc(NC(=O)C(=O)N/N=C\c2ccc(OCc3ccccc3Cl)cc2)cc1C. The Balaban J connectivity index is 1.48. The summed E-state index contributed by atoms with van der Waals surface area (Å²) >= 11 is 6.12. The molecule has 0 atom stereocenters. The van der Waals surface area contributed by atoms with Crippen molar-refractivity contribution in [2.45, 2.75) is 20.5 Å². The van der Waals surface area contributed by atoms with E-state index >= 15 is 0 Å². The molecule has 3 aromatic rings. The number of rotatable bonds is 6. The van der Waals surface area contributed by atoms with E-state index in [0.717, 1.165) is 22.3 Å². The number of nitrogens with one attached hydrogen (secondary N) is 2. The van der Waals surface area contributed by atoms with Gasteiger partial charge in [-0.05, 0) is 73.0 Å². The maximum absolute atomic E-state index is 12.0. The summed E-state index contributed by atoms with van der Waals surface area (Å²) in [6.07, 6.45) is 1.44. The maximum Gasteiger partial charge on any atom is 0.329 e. The Kier molecular flexibility index (Phi) is 7.40. The molecule has 0 unspecified atom stereocenters. The van der Waals surface area contributed by atoms with Crippen molar-refractivity contribution >= 4 is 35.3 Å². The Labute approximate surface area is 185 Å². The highest BCUT2D eigenvalue weighted by atomic mass is 35.5. The summed E-state index contributed by atoms with van der Waals surface area (Å²) in [6.45, 7) is 4.27. The summed E-state index contributed by atoms with van der Waals surface area (Å²) in [5, 5.41) is 7.03. The Morgan fingerprint density at radius 1 is 0.968 bits per heavy atom. The molecule has 3 rings (SSSR count). The quantitative estimate of drug-likeness (QED) is 0.336. The smallest absolute Gasteiger partial charge is 0.329 e. The van der Waals surface area contributed by atoms with Crippen LogP contribution in [0.5, 0.6) is 5.75 Å². The molecule has 158 valence electrons. The summed E-state index contributed by atoms with van der Waals surface area (Å²) in [5.41, 5.74) is 6.54. The van der Waals surface area contributed by atoms with Crippen LogP contribution in [0, 0.1) is 13.8 Å². The zero-order chi connectivity index (χ0) is 22.2. The van der Waals surface area contributed by atoms with Gasteiger partial charge >= 0.3 is 11.8 Å². The molecule has 0 saturated carbocycles. The summed E-state index contributed by atoms with van der Waals surface area (Å²) in [7, 11) is 0. The molecule has 0 aliphatic rings. The van der Waals surface area contributed by atoms with Crippen LogP contribution in [0.1, 0.15) is 22.3 Å². The number of hydrogen-bond donors (Lipinski definition) is 2. The minimum atomic E-state index is -0.853. The number of ether oxygens (including phenoxy) is 1. The molecular formula is C24H22ClN3O3. The van der Waals surface area contributed by atoms with Gasteiger partial charge in [-0.1, -0.05) is 35.9 Å². The molecular weight excluding hydrogens is 414 g/mol. The van der Waals surface area contributed by atoms with Crippen molar-refractivity contribution in [2.24, 2.45) is 5.10 Å². The van der Waals surface area contributed by atoms with Gasteiger partial charge in [-0.2, -0.15) is 5.10 Å². The van der Waals surface area contributed by atoms with E-state index in [1.54, 1.807) is 36.4 Å². The normalized spacial score (nSPS) is 10.7. The van der Waals surface area contributed by atoms with Crippen molar-refractivity contribution in [3.05, 3.63) is 94.0 Å². The van der Waals surface area contributed by atoms with E-state index in [-0.39, 0.29) is 0 Å². The van der Waals surface area contributed by atoms with E-state index < -0.39 is 11.8 Å². The van der Waals surface area contributed by atoms with Crippen molar-refractivity contribution in [1.29, 1.82) is 0 Å². The third-order valence-electron chi connectivity index (χ3n) is 4.58. The lowest BCUT2D eigenvalue weighted by Gasteiger charge is -2.08. The monoisotopic (exact) mass is 435 g/mol. The van der Waals surface area contributed by atoms with Gasteiger partial charge in [0.1, 0.15) is 12.4 Å². The van der Waals surface area contributed by atoms with Crippen LogP contribution < -0.4 is 15.5 Å². The van der Waals surface area contributed by atoms with E-state index in [0.29, 0.717) is 23.1 Å². The Morgan fingerprint density at radius 3 is 2.42 bits per heavy atom. The number of benzene rings is 3. The molecule has 7 heteroatoms. The third-order valence-corrected chi connectivity index (χ3v) is 4.95. The molecule has 31 heavy (non-hydrogen) atoms. The Morgan fingerprint density at radius 2 is 1.71 bits per heavy atom. The number of halogens is 1. The fourth-order valence-corrected chi connectivity index (χ4v) is 2.84. The van der Waals surface area contributed by atoms with Gasteiger partial charge in [-0.25, -0.2) is 5.43 Å². The number of amides is 2. The highest BCUT2D eigenvalue weighted by Gasteiger charge is 2.13. The molecule has 3 aromatic carbocycles. The fourth-order valence-electron chi connectivity index (χ4n) is 2.65. The predicted molar refractivity (Wildman–Crippen MR) is 123 cm³/mol. The summed E-state index contributed by atoms with van der Waals surface area (Å²) in [4.78, 5) is 23.9. The highest BCUT2D eigenvalue weighted by molar-refractivity contribution is 6.39. The van der Waals surface area contributed by atoms with Gasteiger partial charge in [0.15, 0.2) is 0 Å². The largest absolute Gasteiger partial charge is 0.489 e. The average molecular weight is 436 g/mol. The maximum atomic E-state index is 12.0. The number of nitrogens with zero attached hydrogens (tertiary/aromatic N) is 1. The molecule has 0 saturated heterocycles. The van der Waals surface area contributed by atoms with Crippen molar-refractivity contribution in [2.75, 3.05) is 5.32 Å². The molecule has 2 N–H and O–H groups in total. The second-order valence-corrected chi connectivity index (χ2v) is 7.31. The van der Waals surface area contributed by atoms with E-state index in [1.165, 1.54) is 6.21 Å². The lowest BCUT2D eigenvalue weighted by molar-refractivity contribution is -0.136. The summed E-state index contributed by atoms with van der Waals surface area (Å²) in [6, 6.07) is 20.1. The van der Waals surface area contributed by atoms with Crippen LogP contribution in [-0.2, 0) is 16.2 Å². The Hall–Kier alpha value is -3.64. The number of carbonyl (C=O) groups is 2. The topological polar surface area (TPSA) is 79.8 Å². The first kappa shape index (κ1) is 22.1. The van der Waals surface area contributed by atoms with Crippen LogP contribution in [0.25, 0.3) is 0 Å². The van der Waals surface area contributed by atoms with Crippen molar-refractivity contribution in [3.63, 3.8) is 0 Å². The lowest BCUT2D eigenvalue weighted by Crippen LogP contribution is -2.32. The number of hydrazone groups is 1. The fraction of sp³-hybridized carbons (Fsp3) is 0.125. The molecule has 2 amide bonds. The van der Waals surface area contributed by atoms with E-state index in [4.69, 9.17) is 16.3 Å². The second kappa shape index (κ2) is 10.4. The van der Waals surface area contributed by atoms with Crippen molar-refractivity contribution in [1.82, 2.24) is 5.43 Å². The molecule has 0 aliphatic carbocycles. The first-order valence-corrected chi connectivity index (χ1v) is 9.98. The van der Waals surface area contributed by atoms with Crippen LogP contribution in [0.3, 0.4) is 0 Å². The van der Waals surface area contributed by atoms with Crippen LogP contribution in [0.2, 0.25) is 5.02 Å². The number of aryl methyl sites for hydroxylation is 2. The number of anilines is 1. The third kappa shape index (κ3) is 6.42. The first-order valence-electron chi connectivity index (χ1n) is 9.60. The standard InChI is InChI=1S/C24H22ClN3O3/c1-16-7-10-20(13-17(16)2)27-23(29)24(30)28-26-14-18-8-11-21(12-9-18)31-15-19-5-3-4-6-22(19)25/h3-14H,15H2,1-2H3,(H,27,29)(H,28,30)/b26-14-. The van der Waals surface area contributed by atoms with Crippen molar-refractivity contribution in [3.8, 4) is 5.75 Å². The summed E-state index contributed by atoms with van der Waals surface area (Å²) in [5.74, 6) is -0.966. The summed E-state index contributed by atoms with van der Waals surface area (Å²) < 4.78 is 5.72. The van der Waals surface area contributed by atoms with E-state index in [9.17, 15) is 9.59 Å². The minimum Gasteiger partial charge on any atom is -0.489 e. The van der Waals surface area contributed by atoms with Crippen LogP contribution in [0.4, 0.5) is 5.69 Å². The number of hydrogen-bond acceptors (Lipinski definition) is 4. The number of carbonyl (C=O) groups excluding carboxylic acids is 2. The zero-order valence-corrected chi connectivity index (χ0v) is 17.9. The molecule has 0 bridgehead atoms. The van der Waals surface area contributed by atoms with Crippen LogP contribution >= 0.6 is 11.6 Å². The second-order valence-electron chi connectivity index (χ2n) is 6.90. The van der Waals surface area contributed by atoms with Gasteiger partial charge in [0, 0.05) is 16.3 Å². The van der Waals surface area contributed by atoms with E-state index in [2.05, 4.69) is 15.8 Å². The van der Waals surface area contributed by atoms with Gasteiger partial charge in [0.2, 0.25) is 0 Å². The molecule has 0 spiro atoms. The molecule has 6 nitrogen and oxygen atoms in total. The average Bonchev–Trinajstić information content (AvgIpc) is 2.76. The Bertz CT molecular complexity index is 1110. The van der Waals surface area contributed by atoms with Gasteiger partial charge in [0.05, 0.1) is 6.21 Å². The molecule has 0 aliphatic heterocycles. The van der Waals surface area contributed by atoms with E-state index in [1.807, 2.05) is 44.2 Å². The highest BCUT2D eigenvalue weighted by Crippen LogP contribution is 2.18. The molecule has 0 radical (unpaired) electrons. The molecule has 0 aromatic heterocycles.